The second kappa shape index (κ2) is 11.4. The molecular formula is C32H28N2O3. The van der Waals surface area contributed by atoms with Gasteiger partial charge in [-0.1, -0.05) is 91.0 Å². The lowest BCUT2D eigenvalue weighted by molar-refractivity contribution is 0.0697. The fourth-order valence-electron chi connectivity index (χ4n) is 4.42. The van der Waals surface area contributed by atoms with Gasteiger partial charge in [0.15, 0.2) is 0 Å². The molecule has 0 fully saturated rings. The van der Waals surface area contributed by atoms with Gasteiger partial charge in [0.2, 0.25) is 0 Å². The highest BCUT2D eigenvalue weighted by Gasteiger charge is 2.20. The van der Waals surface area contributed by atoms with Crippen molar-refractivity contribution in [2.24, 2.45) is 0 Å². The summed E-state index contributed by atoms with van der Waals surface area (Å²) in [6.45, 7) is 1.34. The number of benzene rings is 4. The molecule has 0 aliphatic carbocycles. The van der Waals surface area contributed by atoms with E-state index in [9.17, 15) is 4.79 Å². The summed E-state index contributed by atoms with van der Waals surface area (Å²) in [5, 5.41) is 9.07. The Balaban J connectivity index is 1.42. The van der Waals surface area contributed by atoms with Gasteiger partial charge >= 0.3 is 5.97 Å². The monoisotopic (exact) mass is 488 g/mol. The van der Waals surface area contributed by atoms with Crippen LogP contribution < -0.4 is 4.74 Å². The maximum Gasteiger partial charge on any atom is 0.335 e. The van der Waals surface area contributed by atoms with Gasteiger partial charge in [0.1, 0.15) is 11.6 Å². The Kier molecular flexibility index (Phi) is 7.42. The number of carboxylic acid groups (broad SMARTS) is 1. The fourth-order valence-corrected chi connectivity index (χ4v) is 4.42. The second-order valence-electron chi connectivity index (χ2n) is 8.77. The molecule has 5 nitrogen and oxygen atoms in total. The molecule has 0 saturated carbocycles. The second-order valence-corrected chi connectivity index (χ2v) is 8.77. The van der Waals surface area contributed by atoms with Gasteiger partial charge in [0, 0.05) is 23.2 Å². The lowest BCUT2D eigenvalue weighted by atomic mass is 10.0. The predicted octanol–water partition coefficient (Wildman–Crippen LogP) is 7.44. The molecule has 1 aromatic heterocycles. The third kappa shape index (κ3) is 5.62. The molecule has 184 valence electrons. The molecule has 0 amide bonds. The Morgan fingerprint density at radius 2 is 1.27 bits per heavy atom. The molecule has 0 radical (unpaired) electrons. The highest BCUT2D eigenvalue weighted by Crippen LogP contribution is 2.36. The summed E-state index contributed by atoms with van der Waals surface area (Å²) in [6, 6.07) is 37.6. The number of carboxylic acids is 1. The average Bonchev–Trinajstić information content (AvgIpc) is 3.34. The molecule has 0 spiro atoms. The molecule has 0 saturated heterocycles. The van der Waals surface area contributed by atoms with Crippen LogP contribution in [0.15, 0.2) is 115 Å². The fraction of sp³-hybridized carbons (Fsp3) is 0.125. The van der Waals surface area contributed by atoms with Crippen LogP contribution in [0.25, 0.3) is 33.9 Å². The van der Waals surface area contributed by atoms with E-state index in [1.165, 1.54) is 0 Å². The van der Waals surface area contributed by atoms with Crippen molar-refractivity contribution in [2.75, 3.05) is 6.61 Å². The molecule has 0 aliphatic heterocycles. The number of ether oxygens (including phenoxy) is 1. The van der Waals surface area contributed by atoms with E-state index in [1.807, 2.05) is 42.5 Å². The largest absolute Gasteiger partial charge is 0.494 e. The highest BCUT2D eigenvalue weighted by molar-refractivity contribution is 5.87. The predicted molar refractivity (Wildman–Crippen MR) is 147 cm³/mol. The molecule has 0 unspecified atom stereocenters. The molecule has 5 aromatic rings. The van der Waals surface area contributed by atoms with E-state index in [-0.39, 0.29) is 5.56 Å². The molecular weight excluding hydrogens is 460 g/mol. The lowest BCUT2D eigenvalue weighted by Crippen LogP contribution is -2.06. The van der Waals surface area contributed by atoms with Crippen molar-refractivity contribution in [3.63, 3.8) is 0 Å². The van der Waals surface area contributed by atoms with Crippen molar-refractivity contribution in [2.45, 2.75) is 19.4 Å². The maximum atomic E-state index is 11.1. The summed E-state index contributed by atoms with van der Waals surface area (Å²) >= 11 is 0. The number of aromatic nitrogens is 2. The summed E-state index contributed by atoms with van der Waals surface area (Å²) in [6.07, 6.45) is 1.75. The van der Waals surface area contributed by atoms with Gasteiger partial charge in [-0.05, 0) is 37.1 Å². The van der Waals surface area contributed by atoms with E-state index in [0.29, 0.717) is 12.4 Å². The van der Waals surface area contributed by atoms with Crippen molar-refractivity contribution in [1.29, 1.82) is 0 Å². The van der Waals surface area contributed by atoms with Crippen molar-refractivity contribution >= 4 is 5.97 Å². The van der Waals surface area contributed by atoms with Crippen LogP contribution in [0, 0.1) is 0 Å². The molecule has 37 heavy (non-hydrogen) atoms. The minimum absolute atomic E-state index is 0.253. The topological polar surface area (TPSA) is 64.3 Å². The molecule has 1 N–H and O–H groups in total. The minimum atomic E-state index is -0.940. The standard InChI is InChI=1S/C32H28N2O3/c35-32(36)27-18-20-28(21-19-27)37-23-11-10-22-34-30(25-14-6-2-7-15-25)29(24-12-4-1-5-13-24)33-31(34)26-16-8-3-9-17-26/h1-9,12-21H,10-11,22-23H2,(H,35,36). The van der Waals surface area contributed by atoms with Crippen LogP contribution in [-0.4, -0.2) is 27.2 Å². The zero-order valence-electron chi connectivity index (χ0n) is 20.5. The summed E-state index contributed by atoms with van der Waals surface area (Å²) in [5.41, 5.74) is 5.63. The number of carbonyl (C=O) groups is 1. The van der Waals surface area contributed by atoms with Gasteiger partial charge < -0.3 is 14.4 Å². The first kappa shape index (κ1) is 24.1. The van der Waals surface area contributed by atoms with Crippen molar-refractivity contribution in [3.8, 4) is 39.7 Å². The molecule has 0 bridgehead atoms. The third-order valence-corrected chi connectivity index (χ3v) is 6.24. The lowest BCUT2D eigenvalue weighted by Gasteiger charge is -2.14. The first-order valence-corrected chi connectivity index (χ1v) is 12.4. The molecule has 4 aromatic carbocycles. The number of hydrogen-bond acceptors (Lipinski definition) is 3. The van der Waals surface area contributed by atoms with Crippen molar-refractivity contribution < 1.29 is 14.6 Å². The SMILES string of the molecule is O=C(O)c1ccc(OCCCCn2c(-c3ccccc3)nc(-c3ccccc3)c2-c2ccccc2)cc1. The normalized spacial score (nSPS) is 10.8. The highest BCUT2D eigenvalue weighted by atomic mass is 16.5. The number of hydrogen-bond donors (Lipinski definition) is 1. The first-order chi connectivity index (χ1) is 18.2. The number of imidazole rings is 1. The number of aromatic carboxylic acids is 1. The zero-order chi connectivity index (χ0) is 25.5. The average molecular weight is 489 g/mol. The Morgan fingerprint density at radius 1 is 0.703 bits per heavy atom. The van der Waals surface area contributed by atoms with Crippen molar-refractivity contribution in [3.05, 3.63) is 121 Å². The van der Waals surface area contributed by atoms with Gasteiger partial charge in [-0.15, -0.1) is 0 Å². The van der Waals surface area contributed by atoms with Gasteiger partial charge in [0.05, 0.1) is 23.6 Å². The number of unbranched alkanes of at least 4 members (excludes halogenated alkanes) is 1. The maximum absolute atomic E-state index is 11.1. The Morgan fingerprint density at radius 3 is 1.86 bits per heavy atom. The van der Waals surface area contributed by atoms with Crippen LogP contribution in [0.4, 0.5) is 0 Å². The van der Waals surface area contributed by atoms with Crippen LogP contribution >= 0.6 is 0 Å². The minimum Gasteiger partial charge on any atom is -0.494 e. The van der Waals surface area contributed by atoms with E-state index in [0.717, 1.165) is 53.3 Å². The summed E-state index contributed by atoms with van der Waals surface area (Å²) in [5.74, 6) is 0.683. The van der Waals surface area contributed by atoms with Crippen LogP contribution in [0.5, 0.6) is 5.75 Å². The van der Waals surface area contributed by atoms with Gasteiger partial charge in [-0.25, -0.2) is 9.78 Å². The Bertz CT molecular complexity index is 1450. The summed E-state index contributed by atoms with van der Waals surface area (Å²) in [4.78, 5) is 16.2. The quantitative estimate of drug-likeness (QED) is 0.208. The summed E-state index contributed by atoms with van der Waals surface area (Å²) < 4.78 is 8.19. The number of nitrogens with zero attached hydrogens (tertiary/aromatic N) is 2. The van der Waals surface area contributed by atoms with Gasteiger partial charge in [-0.3, -0.25) is 0 Å². The van der Waals surface area contributed by atoms with Crippen LogP contribution in [0.1, 0.15) is 23.2 Å². The first-order valence-electron chi connectivity index (χ1n) is 12.4. The Labute approximate surface area is 216 Å². The zero-order valence-corrected chi connectivity index (χ0v) is 20.5. The Hall–Kier alpha value is -4.64. The number of rotatable bonds is 10. The van der Waals surface area contributed by atoms with Gasteiger partial charge in [-0.2, -0.15) is 0 Å². The van der Waals surface area contributed by atoms with Crippen LogP contribution in [0.2, 0.25) is 0 Å². The smallest absolute Gasteiger partial charge is 0.335 e. The molecule has 5 rings (SSSR count). The van der Waals surface area contributed by atoms with E-state index < -0.39 is 5.97 Å². The van der Waals surface area contributed by atoms with Crippen molar-refractivity contribution in [1.82, 2.24) is 9.55 Å². The summed E-state index contributed by atoms with van der Waals surface area (Å²) in [7, 11) is 0. The van der Waals surface area contributed by atoms with E-state index in [1.54, 1.807) is 24.3 Å². The third-order valence-electron chi connectivity index (χ3n) is 6.24. The van der Waals surface area contributed by atoms with Crippen LogP contribution in [-0.2, 0) is 6.54 Å². The molecule has 0 atom stereocenters. The van der Waals surface area contributed by atoms with E-state index >= 15 is 0 Å². The molecule has 1 heterocycles. The van der Waals surface area contributed by atoms with E-state index in [2.05, 4.69) is 53.1 Å². The van der Waals surface area contributed by atoms with Gasteiger partial charge in [0.25, 0.3) is 0 Å². The van der Waals surface area contributed by atoms with E-state index in [4.69, 9.17) is 14.8 Å². The van der Waals surface area contributed by atoms with Crippen LogP contribution in [0.3, 0.4) is 0 Å². The molecule has 5 heteroatoms. The molecule has 0 aliphatic rings.